The van der Waals surface area contributed by atoms with Crippen molar-refractivity contribution in [2.75, 3.05) is 0 Å². The number of aromatic nitrogens is 2. The van der Waals surface area contributed by atoms with E-state index in [1.54, 1.807) is 0 Å². The first kappa shape index (κ1) is 37.9. The maximum Gasteiger partial charge on any atom is 0.160 e. The number of furan rings is 1. The summed E-state index contributed by atoms with van der Waals surface area (Å²) in [4.78, 5) is 10.5. The highest BCUT2D eigenvalue weighted by Crippen LogP contribution is 2.58. The number of hydrogen-bond donors (Lipinski definition) is 0. The fraction of sp³-hybridized carbons (Fsp3) is 0.0159. The van der Waals surface area contributed by atoms with Crippen LogP contribution in [0.15, 0.2) is 247 Å². The van der Waals surface area contributed by atoms with Crippen LogP contribution in [0.25, 0.3) is 100.0 Å². The molecule has 308 valence electrons. The Labute approximate surface area is 383 Å². The number of hydrogen-bond acceptors (Lipinski definition) is 3. The van der Waals surface area contributed by atoms with Crippen LogP contribution < -0.4 is 0 Å². The Morgan fingerprint density at radius 2 is 0.848 bits per heavy atom. The van der Waals surface area contributed by atoms with Crippen LogP contribution in [0.1, 0.15) is 22.3 Å². The Hall–Kier alpha value is -8.66. The molecule has 2 aromatic heterocycles. The summed E-state index contributed by atoms with van der Waals surface area (Å²) in [6, 6.07) is 87.2. The summed E-state index contributed by atoms with van der Waals surface area (Å²) in [5.41, 5.74) is 18.4. The van der Waals surface area contributed by atoms with Crippen molar-refractivity contribution >= 4 is 32.7 Å². The molecule has 2 heterocycles. The zero-order chi connectivity index (χ0) is 43.6. The quantitative estimate of drug-likeness (QED) is 0.160. The fourth-order valence-corrected chi connectivity index (χ4v) is 10.7. The van der Waals surface area contributed by atoms with Gasteiger partial charge in [-0.2, -0.15) is 0 Å². The van der Waals surface area contributed by atoms with Crippen molar-refractivity contribution < 1.29 is 4.42 Å². The summed E-state index contributed by atoms with van der Waals surface area (Å²) >= 11 is 0. The van der Waals surface area contributed by atoms with E-state index >= 15 is 0 Å². The first-order valence-electron chi connectivity index (χ1n) is 22.6. The molecule has 0 radical (unpaired) electrons. The monoisotopic (exact) mass is 840 g/mol. The highest BCUT2D eigenvalue weighted by atomic mass is 16.3. The second-order valence-electron chi connectivity index (χ2n) is 17.2. The molecule has 12 aromatic rings. The lowest BCUT2D eigenvalue weighted by molar-refractivity contribution is 0.669. The summed E-state index contributed by atoms with van der Waals surface area (Å²) < 4.78 is 6.20. The third-order valence-corrected chi connectivity index (χ3v) is 13.6. The van der Waals surface area contributed by atoms with Gasteiger partial charge < -0.3 is 4.42 Å². The zero-order valence-corrected chi connectivity index (χ0v) is 35.9. The molecule has 0 unspecified atom stereocenters. The second-order valence-corrected chi connectivity index (χ2v) is 17.2. The minimum atomic E-state index is -0.511. The van der Waals surface area contributed by atoms with Gasteiger partial charge in [0.1, 0.15) is 11.2 Å². The number of fused-ring (bicyclic) bond motifs is 7. The summed E-state index contributed by atoms with van der Waals surface area (Å²) in [5, 5.41) is 4.44. The van der Waals surface area contributed by atoms with Crippen LogP contribution in [0.3, 0.4) is 0 Å². The third kappa shape index (κ3) is 5.91. The molecule has 0 aliphatic heterocycles. The number of benzene rings is 10. The van der Waals surface area contributed by atoms with E-state index < -0.39 is 5.41 Å². The van der Waals surface area contributed by atoms with Crippen molar-refractivity contribution in [2.24, 2.45) is 0 Å². The lowest BCUT2D eigenvalue weighted by Gasteiger charge is -2.35. The van der Waals surface area contributed by atoms with E-state index in [-0.39, 0.29) is 0 Å². The van der Waals surface area contributed by atoms with Crippen LogP contribution in [0.5, 0.6) is 0 Å². The summed E-state index contributed by atoms with van der Waals surface area (Å²) in [7, 11) is 0. The Bertz CT molecular complexity index is 3780. The largest absolute Gasteiger partial charge is 0.456 e. The van der Waals surface area contributed by atoms with Crippen molar-refractivity contribution in [2.45, 2.75) is 5.41 Å². The van der Waals surface area contributed by atoms with E-state index in [2.05, 4.69) is 212 Å². The average molecular weight is 841 g/mol. The molecule has 3 heteroatoms. The molecule has 0 N–H and O–H groups in total. The average Bonchev–Trinajstić information content (AvgIpc) is 3.93. The molecule has 0 saturated carbocycles. The van der Waals surface area contributed by atoms with E-state index in [4.69, 9.17) is 14.4 Å². The topological polar surface area (TPSA) is 38.9 Å². The number of rotatable bonds is 7. The fourth-order valence-electron chi connectivity index (χ4n) is 10.7. The van der Waals surface area contributed by atoms with Crippen LogP contribution in [-0.4, -0.2) is 9.97 Å². The van der Waals surface area contributed by atoms with Crippen LogP contribution in [0, 0.1) is 0 Å². The van der Waals surface area contributed by atoms with Gasteiger partial charge in [0, 0.05) is 27.5 Å². The van der Waals surface area contributed by atoms with Crippen molar-refractivity contribution in [1.29, 1.82) is 0 Å². The molecular weight excluding hydrogens is 801 g/mol. The van der Waals surface area contributed by atoms with Gasteiger partial charge in [-0.15, -0.1) is 0 Å². The molecule has 3 nitrogen and oxygen atoms in total. The van der Waals surface area contributed by atoms with E-state index in [0.29, 0.717) is 5.82 Å². The van der Waals surface area contributed by atoms with Gasteiger partial charge in [-0.25, -0.2) is 9.97 Å². The van der Waals surface area contributed by atoms with Gasteiger partial charge in [0.15, 0.2) is 5.82 Å². The number of nitrogens with zero attached hydrogens (tertiary/aromatic N) is 2. The Kier molecular flexibility index (Phi) is 8.75. The van der Waals surface area contributed by atoms with Crippen LogP contribution in [0.2, 0.25) is 0 Å². The molecule has 0 bridgehead atoms. The van der Waals surface area contributed by atoms with Crippen molar-refractivity contribution in [3.05, 3.63) is 265 Å². The van der Waals surface area contributed by atoms with E-state index in [1.807, 2.05) is 30.3 Å². The lowest BCUT2D eigenvalue weighted by atomic mass is 9.66. The highest BCUT2D eigenvalue weighted by molar-refractivity contribution is 6.07. The highest BCUT2D eigenvalue weighted by Gasteiger charge is 2.47. The predicted octanol–water partition coefficient (Wildman–Crippen LogP) is 16.2. The predicted molar refractivity (Wildman–Crippen MR) is 271 cm³/mol. The van der Waals surface area contributed by atoms with Gasteiger partial charge >= 0.3 is 0 Å². The Morgan fingerprint density at radius 3 is 1.62 bits per heavy atom. The minimum absolute atomic E-state index is 0.511. The maximum atomic E-state index is 6.20. The molecule has 66 heavy (non-hydrogen) atoms. The van der Waals surface area contributed by atoms with Gasteiger partial charge in [-0.05, 0) is 103 Å². The molecule has 0 fully saturated rings. The smallest absolute Gasteiger partial charge is 0.160 e. The van der Waals surface area contributed by atoms with Crippen LogP contribution in [0.4, 0.5) is 0 Å². The van der Waals surface area contributed by atoms with Gasteiger partial charge in [0.05, 0.1) is 16.8 Å². The summed E-state index contributed by atoms with van der Waals surface area (Å²) in [5.74, 6) is 0.681. The molecule has 0 amide bonds. The normalized spacial score (nSPS) is 12.7. The molecule has 13 rings (SSSR count). The SMILES string of the molecule is c1ccc(-c2nc(-c3ccc4oc5ccccc5c4c3)cc(-c3ccc(-c4cccc(-c5cccc6c5C(c5ccccc5)(c5ccccc5)c5ccccc5-6)c4)c4ccccc34)n2)cc1. The molecule has 10 aromatic carbocycles. The minimum Gasteiger partial charge on any atom is -0.456 e. The van der Waals surface area contributed by atoms with Gasteiger partial charge in [0.25, 0.3) is 0 Å². The molecule has 0 atom stereocenters. The van der Waals surface area contributed by atoms with Crippen LogP contribution in [-0.2, 0) is 5.41 Å². The first-order chi connectivity index (χ1) is 32.7. The maximum absolute atomic E-state index is 6.20. The Morgan fingerprint density at radius 1 is 0.303 bits per heavy atom. The molecular formula is C63H40N2O. The van der Waals surface area contributed by atoms with Gasteiger partial charge in [-0.1, -0.05) is 206 Å². The molecule has 1 aliphatic rings. The second kappa shape index (κ2) is 15.3. The van der Waals surface area contributed by atoms with Crippen molar-refractivity contribution in [3.8, 4) is 67.3 Å². The number of para-hydroxylation sites is 1. The summed E-state index contributed by atoms with van der Waals surface area (Å²) in [6.45, 7) is 0. The van der Waals surface area contributed by atoms with Crippen LogP contribution >= 0.6 is 0 Å². The molecule has 1 aliphatic carbocycles. The Balaban J connectivity index is 0.973. The van der Waals surface area contributed by atoms with E-state index in [0.717, 1.165) is 66.4 Å². The van der Waals surface area contributed by atoms with Gasteiger partial charge in [0.2, 0.25) is 0 Å². The third-order valence-electron chi connectivity index (χ3n) is 13.6. The van der Waals surface area contributed by atoms with Crippen molar-refractivity contribution in [1.82, 2.24) is 9.97 Å². The van der Waals surface area contributed by atoms with Crippen molar-refractivity contribution in [3.63, 3.8) is 0 Å². The van der Waals surface area contributed by atoms with Gasteiger partial charge in [-0.3, -0.25) is 0 Å². The first-order valence-corrected chi connectivity index (χ1v) is 22.6. The lowest BCUT2D eigenvalue weighted by Crippen LogP contribution is -2.29. The molecule has 0 saturated heterocycles. The van der Waals surface area contributed by atoms with E-state index in [9.17, 15) is 0 Å². The summed E-state index contributed by atoms with van der Waals surface area (Å²) in [6.07, 6.45) is 0. The van der Waals surface area contributed by atoms with E-state index in [1.165, 1.54) is 50.1 Å². The molecule has 0 spiro atoms. The standard InChI is InChI=1S/C63H40N2O/c1-4-18-41(19-5-1)62-64-57(44-34-37-60-55(39-44)53-29-13-15-33-59(53)66-60)40-58(65-62)52-36-35-47(49-26-10-11-27-50(49)52)42-20-16-21-43(38-42)48-30-17-31-54-51-28-12-14-32-56(51)63(61(48)54,45-22-6-2-7-23-45)46-24-8-3-9-25-46/h1-40H. The zero-order valence-electron chi connectivity index (χ0n) is 35.9.